The molecule has 22 heavy (non-hydrogen) atoms. The molecular weight excluding hydrogens is 310 g/mol. The van der Waals surface area contributed by atoms with Gasteiger partial charge in [-0.1, -0.05) is 23.7 Å². The lowest BCUT2D eigenvalue weighted by atomic mass is 10.1. The predicted molar refractivity (Wildman–Crippen MR) is 79.1 cm³/mol. The van der Waals surface area contributed by atoms with E-state index in [1.807, 2.05) is 12.1 Å². The molecule has 0 saturated carbocycles. The van der Waals surface area contributed by atoms with E-state index in [0.29, 0.717) is 24.6 Å². The molecule has 0 saturated heterocycles. The van der Waals surface area contributed by atoms with Crippen molar-refractivity contribution in [2.24, 2.45) is 0 Å². The number of ether oxygens (including phenoxy) is 3. The maximum atomic E-state index is 11.6. The molecule has 0 fully saturated rings. The zero-order valence-electron chi connectivity index (χ0n) is 11.8. The Morgan fingerprint density at radius 1 is 1.23 bits per heavy atom. The van der Waals surface area contributed by atoms with E-state index in [1.54, 1.807) is 12.1 Å². The Labute approximate surface area is 133 Å². The summed E-state index contributed by atoms with van der Waals surface area (Å²) < 4.78 is 14.8. The van der Waals surface area contributed by atoms with Gasteiger partial charge in [-0.05, 0) is 24.1 Å². The van der Waals surface area contributed by atoms with Crippen LogP contribution >= 0.6 is 11.6 Å². The fourth-order valence-electron chi connectivity index (χ4n) is 1.73. The number of hydrogen-bond donors (Lipinski definition) is 1. The first-order valence-electron chi connectivity index (χ1n) is 6.78. The number of amides is 1. The number of carbonyl (C=O) groups excluding carboxylic acids is 2. The molecule has 0 aromatic heterocycles. The fourth-order valence-corrected chi connectivity index (χ4v) is 1.85. The maximum absolute atomic E-state index is 11.6. The van der Waals surface area contributed by atoms with Crippen LogP contribution in [0.4, 0.5) is 0 Å². The number of benzene rings is 1. The highest BCUT2D eigenvalue weighted by atomic mass is 35.5. The number of halogens is 1. The minimum atomic E-state index is -0.715. The molecule has 0 spiro atoms. The van der Waals surface area contributed by atoms with Crippen molar-refractivity contribution in [3.8, 4) is 0 Å². The molecule has 1 aromatic carbocycles. The van der Waals surface area contributed by atoms with Gasteiger partial charge in [-0.2, -0.15) is 0 Å². The van der Waals surface area contributed by atoms with E-state index in [4.69, 9.17) is 25.8 Å². The summed E-state index contributed by atoms with van der Waals surface area (Å²) in [5.41, 5.74) is 1.06. The molecule has 2 rings (SSSR count). The Bertz CT molecular complexity index is 556. The average molecular weight is 326 g/mol. The highest BCUT2D eigenvalue weighted by Crippen LogP contribution is 2.09. The van der Waals surface area contributed by atoms with Gasteiger partial charge in [0.25, 0.3) is 5.91 Å². The Hall–Kier alpha value is -2.21. The van der Waals surface area contributed by atoms with Crippen molar-refractivity contribution in [1.29, 1.82) is 0 Å². The van der Waals surface area contributed by atoms with Gasteiger partial charge in [-0.25, -0.2) is 4.79 Å². The third kappa shape index (κ3) is 5.29. The SMILES string of the molecule is O=C(COC(=O)C1=COCCO1)NCCc1ccc(Cl)cc1. The van der Waals surface area contributed by atoms with Gasteiger partial charge < -0.3 is 19.5 Å². The van der Waals surface area contributed by atoms with Gasteiger partial charge in [0, 0.05) is 11.6 Å². The molecule has 0 atom stereocenters. The Morgan fingerprint density at radius 2 is 2.00 bits per heavy atom. The first-order valence-corrected chi connectivity index (χ1v) is 7.16. The van der Waals surface area contributed by atoms with Crippen LogP contribution in [-0.4, -0.2) is 38.2 Å². The standard InChI is InChI=1S/C15H16ClNO5/c16-12-3-1-11(2-4-12)5-6-17-14(18)10-22-15(19)13-9-20-7-8-21-13/h1-4,9H,5-8,10H2,(H,17,18). The van der Waals surface area contributed by atoms with Crippen molar-refractivity contribution >= 4 is 23.5 Å². The fraction of sp³-hybridized carbons (Fsp3) is 0.333. The largest absolute Gasteiger partial charge is 0.493 e. The highest BCUT2D eigenvalue weighted by Gasteiger charge is 2.17. The summed E-state index contributed by atoms with van der Waals surface area (Å²) in [5.74, 6) is -1.12. The van der Waals surface area contributed by atoms with Crippen molar-refractivity contribution in [2.45, 2.75) is 6.42 Å². The summed E-state index contributed by atoms with van der Waals surface area (Å²) in [4.78, 5) is 23.1. The van der Waals surface area contributed by atoms with E-state index in [-0.39, 0.29) is 24.9 Å². The minimum Gasteiger partial charge on any atom is -0.493 e. The molecule has 0 bridgehead atoms. The molecular formula is C15H16ClNO5. The molecule has 7 heteroatoms. The van der Waals surface area contributed by atoms with Crippen molar-refractivity contribution < 1.29 is 23.8 Å². The molecule has 0 radical (unpaired) electrons. The third-order valence-electron chi connectivity index (χ3n) is 2.83. The molecule has 1 amide bonds. The Morgan fingerprint density at radius 3 is 2.68 bits per heavy atom. The first-order chi connectivity index (χ1) is 10.6. The van der Waals surface area contributed by atoms with Gasteiger partial charge in [-0.15, -0.1) is 0 Å². The van der Waals surface area contributed by atoms with Crippen LogP contribution in [0.2, 0.25) is 5.02 Å². The van der Waals surface area contributed by atoms with Crippen LogP contribution in [0.5, 0.6) is 0 Å². The number of carbonyl (C=O) groups is 2. The topological polar surface area (TPSA) is 73.9 Å². The second kappa shape index (κ2) is 8.29. The quantitative estimate of drug-likeness (QED) is 0.801. The zero-order valence-corrected chi connectivity index (χ0v) is 12.6. The second-order valence-corrected chi connectivity index (χ2v) is 4.94. The van der Waals surface area contributed by atoms with Crippen molar-refractivity contribution in [2.75, 3.05) is 26.4 Å². The van der Waals surface area contributed by atoms with E-state index in [1.165, 1.54) is 6.26 Å². The molecule has 1 N–H and O–H groups in total. The molecule has 0 unspecified atom stereocenters. The van der Waals surface area contributed by atoms with E-state index in [0.717, 1.165) is 5.56 Å². The number of hydrogen-bond acceptors (Lipinski definition) is 5. The Balaban J connectivity index is 1.64. The van der Waals surface area contributed by atoms with Crippen LogP contribution in [0.15, 0.2) is 36.3 Å². The molecule has 1 aromatic rings. The van der Waals surface area contributed by atoms with Crippen LogP contribution in [0.1, 0.15) is 5.56 Å². The summed E-state index contributed by atoms with van der Waals surface area (Å²) in [6.07, 6.45) is 1.85. The summed E-state index contributed by atoms with van der Waals surface area (Å²) in [6, 6.07) is 7.36. The van der Waals surface area contributed by atoms with Gasteiger partial charge in [-0.3, -0.25) is 4.79 Å². The number of rotatable bonds is 6. The first kappa shape index (κ1) is 16.2. The highest BCUT2D eigenvalue weighted by molar-refractivity contribution is 6.30. The molecule has 1 heterocycles. The van der Waals surface area contributed by atoms with Gasteiger partial charge in [0.2, 0.25) is 5.76 Å². The summed E-state index contributed by atoms with van der Waals surface area (Å²) in [6.45, 7) is 0.761. The van der Waals surface area contributed by atoms with Gasteiger partial charge in [0.15, 0.2) is 6.61 Å². The van der Waals surface area contributed by atoms with E-state index in [2.05, 4.69) is 5.32 Å². The van der Waals surface area contributed by atoms with E-state index >= 15 is 0 Å². The lowest BCUT2D eigenvalue weighted by Crippen LogP contribution is -2.31. The van der Waals surface area contributed by atoms with Crippen molar-refractivity contribution in [3.05, 3.63) is 46.9 Å². The normalized spacial score (nSPS) is 13.4. The summed E-state index contributed by atoms with van der Waals surface area (Å²) >= 11 is 5.79. The van der Waals surface area contributed by atoms with Gasteiger partial charge in [0.1, 0.15) is 19.5 Å². The lowest BCUT2D eigenvalue weighted by Gasteiger charge is -2.14. The predicted octanol–water partition coefficient (Wildman–Crippen LogP) is 1.43. The van der Waals surface area contributed by atoms with Gasteiger partial charge in [0.05, 0.1) is 0 Å². The van der Waals surface area contributed by atoms with Crippen LogP contribution in [-0.2, 0) is 30.2 Å². The lowest BCUT2D eigenvalue weighted by molar-refractivity contribution is -0.149. The molecule has 118 valence electrons. The number of esters is 1. The summed E-state index contributed by atoms with van der Waals surface area (Å²) in [7, 11) is 0. The second-order valence-electron chi connectivity index (χ2n) is 4.50. The average Bonchev–Trinajstić information content (AvgIpc) is 2.55. The summed E-state index contributed by atoms with van der Waals surface area (Å²) in [5, 5.41) is 3.33. The smallest absolute Gasteiger partial charge is 0.377 e. The van der Waals surface area contributed by atoms with Crippen LogP contribution in [0.3, 0.4) is 0 Å². The van der Waals surface area contributed by atoms with Crippen molar-refractivity contribution in [1.82, 2.24) is 5.32 Å². The molecule has 1 aliphatic rings. The van der Waals surface area contributed by atoms with Crippen LogP contribution in [0.25, 0.3) is 0 Å². The van der Waals surface area contributed by atoms with Gasteiger partial charge >= 0.3 is 5.97 Å². The molecule has 6 nitrogen and oxygen atoms in total. The molecule has 0 aliphatic carbocycles. The number of nitrogens with one attached hydrogen (secondary N) is 1. The van der Waals surface area contributed by atoms with Crippen LogP contribution in [0, 0.1) is 0 Å². The molecule has 1 aliphatic heterocycles. The zero-order chi connectivity index (χ0) is 15.8. The minimum absolute atomic E-state index is 0.0276. The van der Waals surface area contributed by atoms with Crippen LogP contribution < -0.4 is 5.32 Å². The maximum Gasteiger partial charge on any atom is 0.377 e. The monoisotopic (exact) mass is 325 g/mol. The Kier molecular flexibility index (Phi) is 6.09. The van der Waals surface area contributed by atoms with E-state index in [9.17, 15) is 9.59 Å². The third-order valence-corrected chi connectivity index (χ3v) is 3.09. The van der Waals surface area contributed by atoms with E-state index < -0.39 is 5.97 Å². The van der Waals surface area contributed by atoms with Crippen molar-refractivity contribution in [3.63, 3.8) is 0 Å².